The average Bonchev–Trinajstić information content (AvgIpc) is 3.09. The number of fused-ring (bicyclic) bond motifs is 1. The molecular formula is C12H13N3O4S. The van der Waals surface area contributed by atoms with Crippen molar-refractivity contribution in [2.45, 2.75) is 18.0 Å². The van der Waals surface area contributed by atoms with Crippen molar-refractivity contribution in [3.63, 3.8) is 0 Å². The Kier molecular flexibility index (Phi) is 3.11. The fraction of sp³-hybridized carbons (Fsp3) is 0.250. The molecule has 8 heteroatoms. The minimum atomic E-state index is -3.62. The van der Waals surface area contributed by atoms with Gasteiger partial charge in [0.25, 0.3) is 10.0 Å². The molecule has 20 heavy (non-hydrogen) atoms. The summed E-state index contributed by atoms with van der Waals surface area (Å²) in [6.45, 7) is 1.94. The first-order valence-corrected chi connectivity index (χ1v) is 7.46. The number of aromatic nitrogens is 2. The van der Waals surface area contributed by atoms with Crippen molar-refractivity contribution in [3.05, 3.63) is 36.0 Å². The maximum atomic E-state index is 12.1. The van der Waals surface area contributed by atoms with Crippen molar-refractivity contribution in [2.24, 2.45) is 0 Å². The second-order valence-electron chi connectivity index (χ2n) is 4.38. The third-order valence-electron chi connectivity index (χ3n) is 2.99. The van der Waals surface area contributed by atoms with Gasteiger partial charge in [0.2, 0.25) is 6.79 Å². The molecule has 7 nitrogen and oxygen atoms in total. The molecule has 0 fully saturated rings. The van der Waals surface area contributed by atoms with E-state index in [1.165, 1.54) is 12.3 Å². The van der Waals surface area contributed by atoms with Crippen LogP contribution in [0.5, 0.6) is 11.5 Å². The first-order valence-electron chi connectivity index (χ1n) is 5.97. The van der Waals surface area contributed by atoms with E-state index < -0.39 is 16.1 Å². The van der Waals surface area contributed by atoms with Gasteiger partial charge in [-0.1, -0.05) is 6.07 Å². The van der Waals surface area contributed by atoms with Crippen molar-refractivity contribution in [2.75, 3.05) is 6.79 Å². The highest BCUT2D eigenvalue weighted by atomic mass is 32.2. The lowest BCUT2D eigenvalue weighted by Crippen LogP contribution is -2.27. The number of ether oxygens (including phenoxy) is 2. The molecule has 2 heterocycles. The molecule has 2 N–H and O–H groups in total. The minimum Gasteiger partial charge on any atom is -0.454 e. The van der Waals surface area contributed by atoms with E-state index in [0.29, 0.717) is 11.5 Å². The van der Waals surface area contributed by atoms with Gasteiger partial charge in [0.1, 0.15) is 0 Å². The van der Waals surface area contributed by atoms with Crippen LogP contribution in [0, 0.1) is 0 Å². The van der Waals surface area contributed by atoms with Crippen LogP contribution in [0.3, 0.4) is 0 Å². The second-order valence-corrected chi connectivity index (χ2v) is 6.06. The summed E-state index contributed by atoms with van der Waals surface area (Å²) < 4.78 is 37.2. The first-order chi connectivity index (χ1) is 9.56. The van der Waals surface area contributed by atoms with Crippen LogP contribution in [-0.4, -0.2) is 25.4 Å². The molecule has 2 aromatic rings. The summed E-state index contributed by atoms with van der Waals surface area (Å²) in [5, 5.41) is 6.10. The molecule has 0 aliphatic carbocycles. The van der Waals surface area contributed by atoms with Crippen LogP contribution in [0.25, 0.3) is 0 Å². The van der Waals surface area contributed by atoms with Crippen LogP contribution < -0.4 is 14.2 Å². The predicted molar refractivity (Wildman–Crippen MR) is 69.9 cm³/mol. The molecule has 0 saturated carbocycles. The number of sulfonamides is 1. The normalized spacial score (nSPS) is 15.2. The molecule has 0 bridgehead atoms. The molecule has 3 rings (SSSR count). The van der Waals surface area contributed by atoms with Gasteiger partial charge in [0, 0.05) is 6.04 Å². The number of H-pyrrole nitrogens is 1. The Labute approximate surface area is 116 Å². The van der Waals surface area contributed by atoms with E-state index in [4.69, 9.17) is 9.47 Å². The Hall–Kier alpha value is -2.06. The zero-order valence-corrected chi connectivity index (χ0v) is 11.5. The largest absolute Gasteiger partial charge is 0.454 e. The van der Waals surface area contributed by atoms with Gasteiger partial charge in [-0.25, -0.2) is 13.1 Å². The summed E-state index contributed by atoms with van der Waals surface area (Å²) in [5.41, 5.74) is 0.789. The molecule has 1 atom stereocenters. The van der Waals surface area contributed by atoms with E-state index in [-0.39, 0.29) is 11.8 Å². The molecule has 1 aliphatic rings. The van der Waals surface area contributed by atoms with Crippen LogP contribution in [0.1, 0.15) is 18.5 Å². The Morgan fingerprint density at radius 1 is 1.30 bits per heavy atom. The van der Waals surface area contributed by atoms with Crippen molar-refractivity contribution in [1.29, 1.82) is 0 Å². The van der Waals surface area contributed by atoms with Gasteiger partial charge < -0.3 is 9.47 Å². The van der Waals surface area contributed by atoms with E-state index in [0.717, 1.165) is 5.56 Å². The van der Waals surface area contributed by atoms with Crippen LogP contribution in [0.15, 0.2) is 35.5 Å². The molecule has 1 unspecified atom stereocenters. The van der Waals surface area contributed by atoms with E-state index >= 15 is 0 Å². The SMILES string of the molecule is CC(NS(=O)(=O)c1ccn[nH]1)c1ccc2c(c1)OCO2. The van der Waals surface area contributed by atoms with Gasteiger partial charge in [-0.2, -0.15) is 5.10 Å². The number of nitrogens with zero attached hydrogens (tertiary/aromatic N) is 1. The Bertz CT molecular complexity index is 712. The third-order valence-corrected chi connectivity index (χ3v) is 4.46. The van der Waals surface area contributed by atoms with Crippen molar-refractivity contribution in [3.8, 4) is 11.5 Å². The molecule has 0 amide bonds. The number of benzene rings is 1. The van der Waals surface area contributed by atoms with Gasteiger partial charge in [-0.05, 0) is 30.7 Å². The topological polar surface area (TPSA) is 93.3 Å². The molecule has 1 aromatic carbocycles. The Morgan fingerprint density at radius 2 is 2.10 bits per heavy atom. The molecule has 1 aromatic heterocycles. The van der Waals surface area contributed by atoms with Gasteiger partial charge in [0.15, 0.2) is 16.5 Å². The predicted octanol–water partition coefficient (Wildman–Crippen LogP) is 1.18. The average molecular weight is 295 g/mol. The number of hydrogen-bond acceptors (Lipinski definition) is 5. The minimum absolute atomic E-state index is 0.0325. The lowest BCUT2D eigenvalue weighted by Gasteiger charge is -2.14. The molecule has 1 aliphatic heterocycles. The number of hydrogen-bond donors (Lipinski definition) is 2. The fourth-order valence-electron chi connectivity index (χ4n) is 1.94. The smallest absolute Gasteiger partial charge is 0.258 e. The summed E-state index contributed by atoms with van der Waals surface area (Å²) >= 11 is 0. The molecule has 0 radical (unpaired) electrons. The monoisotopic (exact) mass is 295 g/mol. The first kappa shape index (κ1) is 12.9. The fourth-order valence-corrected chi connectivity index (χ4v) is 3.08. The summed E-state index contributed by atoms with van der Waals surface area (Å²) in [6, 6.07) is 6.32. The highest BCUT2D eigenvalue weighted by Gasteiger charge is 2.21. The highest BCUT2D eigenvalue weighted by Crippen LogP contribution is 2.34. The number of rotatable bonds is 4. The molecule has 0 saturated heterocycles. The quantitative estimate of drug-likeness (QED) is 0.883. The van der Waals surface area contributed by atoms with E-state index in [1.54, 1.807) is 25.1 Å². The lowest BCUT2D eigenvalue weighted by atomic mass is 10.1. The van der Waals surface area contributed by atoms with Crippen LogP contribution >= 0.6 is 0 Å². The summed E-state index contributed by atoms with van der Waals surface area (Å²) in [5.74, 6) is 1.28. The Morgan fingerprint density at radius 3 is 2.85 bits per heavy atom. The summed E-state index contributed by atoms with van der Waals surface area (Å²) in [7, 11) is -3.62. The maximum absolute atomic E-state index is 12.1. The Balaban J connectivity index is 1.81. The summed E-state index contributed by atoms with van der Waals surface area (Å²) in [4.78, 5) is 0. The van der Waals surface area contributed by atoms with Gasteiger partial charge >= 0.3 is 0 Å². The van der Waals surface area contributed by atoms with Crippen molar-refractivity contribution < 1.29 is 17.9 Å². The van der Waals surface area contributed by atoms with Crippen LogP contribution in [-0.2, 0) is 10.0 Å². The molecule has 0 spiro atoms. The molecular weight excluding hydrogens is 282 g/mol. The van der Waals surface area contributed by atoms with Gasteiger partial charge in [0.05, 0.1) is 6.20 Å². The summed E-state index contributed by atoms with van der Waals surface area (Å²) in [6.07, 6.45) is 1.39. The van der Waals surface area contributed by atoms with Crippen LogP contribution in [0.4, 0.5) is 0 Å². The van der Waals surface area contributed by atoms with E-state index in [9.17, 15) is 8.42 Å². The zero-order valence-electron chi connectivity index (χ0n) is 10.7. The second kappa shape index (κ2) is 4.80. The van der Waals surface area contributed by atoms with Gasteiger partial charge in [-0.3, -0.25) is 5.10 Å². The molecule has 106 valence electrons. The standard InChI is InChI=1S/C12H13N3O4S/c1-8(15-20(16,17)12-4-5-13-14-12)9-2-3-10-11(6-9)19-7-18-10/h2-6,8,15H,7H2,1H3,(H,13,14). The zero-order chi connectivity index (χ0) is 14.2. The van der Waals surface area contributed by atoms with E-state index in [2.05, 4.69) is 14.9 Å². The van der Waals surface area contributed by atoms with Crippen LogP contribution in [0.2, 0.25) is 0 Å². The lowest BCUT2D eigenvalue weighted by molar-refractivity contribution is 0.174. The highest BCUT2D eigenvalue weighted by molar-refractivity contribution is 7.89. The van der Waals surface area contributed by atoms with E-state index in [1.807, 2.05) is 0 Å². The maximum Gasteiger partial charge on any atom is 0.258 e. The number of nitrogens with one attached hydrogen (secondary N) is 2. The van der Waals surface area contributed by atoms with Crippen molar-refractivity contribution in [1.82, 2.24) is 14.9 Å². The van der Waals surface area contributed by atoms with Gasteiger partial charge in [-0.15, -0.1) is 0 Å². The third kappa shape index (κ3) is 2.35. The van der Waals surface area contributed by atoms with Crippen molar-refractivity contribution >= 4 is 10.0 Å². The number of aromatic amines is 1.